The van der Waals surface area contributed by atoms with Gasteiger partial charge in [0.05, 0.1) is 25.8 Å². The van der Waals surface area contributed by atoms with Crippen LogP contribution in [0.4, 0.5) is 5.95 Å². The number of para-hydroxylation sites is 1. The highest BCUT2D eigenvalue weighted by atomic mass is 16.5. The van der Waals surface area contributed by atoms with Gasteiger partial charge in [-0.3, -0.25) is 9.59 Å². The maximum absolute atomic E-state index is 12.7. The van der Waals surface area contributed by atoms with Crippen molar-refractivity contribution in [2.24, 2.45) is 0 Å². The van der Waals surface area contributed by atoms with Gasteiger partial charge in [-0.1, -0.05) is 18.2 Å². The summed E-state index contributed by atoms with van der Waals surface area (Å²) < 4.78 is 10.9. The molecular formula is C20H25N5O4. The molecule has 9 nitrogen and oxygen atoms in total. The predicted molar refractivity (Wildman–Crippen MR) is 107 cm³/mol. The lowest BCUT2D eigenvalue weighted by molar-refractivity contribution is -0.137. The number of aromatic nitrogens is 2. The molecule has 1 fully saturated rings. The minimum atomic E-state index is -0.706. The topological polar surface area (TPSA) is 106 Å². The highest BCUT2D eigenvalue weighted by Gasteiger charge is 2.29. The number of ether oxygens (including phenoxy) is 2. The number of hydrogen-bond acceptors (Lipinski definition) is 7. The number of nitrogens with zero attached hydrogens (tertiary/aromatic N) is 3. The maximum atomic E-state index is 12.7. The van der Waals surface area contributed by atoms with Gasteiger partial charge in [0, 0.05) is 32.5 Å². The van der Waals surface area contributed by atoms with E-state index in [0.717, 1.165) is 11.3 Å². The Labute approximate surface area is 169 Å². The highest BCUT2D eigenvalue weighted by Crippen LogP contribution is 2.17. The van der Waals surface area contributed by atoms with Crippen LogP contribution in [0, 0.1) is 0 Å². The van der Waals surface area contributed by atoms with Crippen LogP contribution in [0.1, 0.15) is 15.9 Å². The number of methoxy groups -OCH3 is 1. The summed E-state index contributed by atoms with van der Waals surface area (Å²) in [5.41, 5.74) is 1.39. The van der Waals surface area contributed by atoms with Crippen molar-refractivity contribution in [1.29, 1.82) is 0 Å². The van der Waals surface area contributed by atoms with Crippen LogP contribution in [0.25, 0.3) is 0 Å². The molecular weight excluding hydrogens is 374 g/mol. The molecule has 0 radical (unpaired) electrons. The molecule has 9 heteroatoms. The van der Waals surface area contributed by atoms with Gasteiger partial charge in [-0.25, -0.2) is 9.97 Å². The summed E-state index contributed by atoms with van der Waals surface area (Å²) in [6.45, 7) is 1.35. The number of carbonyl (C=O) groups excluding carboxylic acids is 2. The molecule has 154 valence electrons. The second-order valence-electron chi connectivity index (χ2n) is 6.51. The Morgan fingerprint density at radius 1 is 1.28 bits per heavy atom. The lowest BCUT2D eigenvalue weighted by atomic mass is 10.1. The van der Waals surface area contributed by atoms with Crippen molar-refractivity contribution in [2.75, 3.05) is 45.7 Å². The maximum Gasteiger partial charge on any atom is 0.257 e. The smallest absolute Gasteiger partial charge is 0.257 e. The summed E-state index contributed by atoms with van der Waals surface area (Å²) in [5, 5.41) is 5.68. The Kier molecular flexibility index (Phi) is 6.96. The largest absolute Gasteiger partial charge is 0.496 e. The van der Waals surface area contributed by atoms with Crippen LogP contribution >= 0.6 is 0 Å². The average molecular weight is 399 g/mol. The zero-order chi connectivity index (χ0) is 20.6. The van der Waals surface area contributed by atoms with Crippen molar-refractivity contribution in [3.05, 3.63) is 47.8 Å². The molecule has 29 heavy (non-hydrogen) atoms. The van der Waals surface area contributed by atoms with Gasteiger partial charge in [0.15, 0.2) is 6.10 Å². The predicted octanol–water partition coefficient (Wildman–Crippen LogP) is 0.727. The van der Waals surface area contributed by atoms with Crippen molar-refractivity contribution in [3.63, 3.8) is 0 Å². The van der Waals surface area contributed by atoms with Crippen LogP contribution in [0.3, 0.4) is 0 Å². The molecule has 1 aliphatic rings. The molecule has 1 aromatic carbocycles. The second kappa shape index (κ2) is 9.83. The van der Waals surface area contributed by atoms with Gasteiger partial charge in [0.1, 0.15) is 5.75 Å². The molecule has 1 aromatic heterocycles. The van der Waals surface area contributed by atoms with Crippen molar-refractivity contribution < 1.29 is 19.1 Å². The number of rotatable bonds is 7. The quantitative estimate of drug-likeness (QED) is 0.707. The molecule has 0 aliphatic carbocycles. The summed E-state index contributed by atoms with van der Waals surface area (Å²) in [6, 6.07) is 7.68. The minimum absolute atomic E-state index is 0.188. The number of morpholine rings is 1. The first-order chi connectivity index (χ1) is 14.1. The van der Waals surface area contributed by atoms with Crippen LogP contribution in [0.5, 0.6) is 5.75 Å². The van der Waals surface area contributed by atoms with Crippen molar-refractivity contribution in [2.45, 2.75) is 12.5 Å². The molecule has 0 bridgehead atoms. The fourth-order valence-corrected chi connectivity index (χ4v) is 3.09. The summed E-state index contributed by atoms with van der Waals surface area (Å²) in [7, 11) is 3.33. The lowest BCUT2D eigenvalue weighted by Crippen LogP contribution is -2.51. The fraction of sp³-hybridized carbons (Fsp3) is 0.400. The summed E-state index contributed by atoms with van der Waals surface area (Å²) in [6.07, 6.45) is 2.88. The van der Waals surface area contributed by atoms with E-state index in [1.54, 1.807) is 19.1 Å². The van der Waals surface area contributed by atoms with E-state index in [1.165, 1.54) is 12.4 Å². The number of nitrogens with one attached hydrogen (secondary N) is 2. The monoisotopic (exact) mass is 399 g/mol. The SMILES string of the molecule is CNc1ncc(C(=O)N2CCO[C@H](C(=O)NCCc3ccccc3OC)C2)cn1. The zero-order valence-electron chi connectivity index (χ0n) is 16.6. The Balaban J connectivity index is 1.52. The number of carbonyl (C=O) groups is 2. The Bertz CT molecular complexity index is 843. The highest BCUT2D eigenvalue weighted by molar-refractivity contribution is 5.94. The van der Waals surface area contributed by atoms with E-state index in [2.05, 4.69) is 20.6 Å². The molecule has 0 unspecified atom stereocenters. The summed E-state index contributed by atoms with van der Waals surface area (Å²) in [5.74, 6) is 0.775. The van der Waals surface area contributed by atoms with E-state index in [4.69, 9.17) is 9.47 Å². The number of anilines is 1. The van der Waals surface area contributed by atoms with Crippen LogP contribution in [0.2, 0.25) is 0 Å². The second-order valence-corrected chi connectivity index (χ2v) is 6.51. The summed E-state index contributed by atoms with van der Waals surface area (Å²) >= 11 is 0. The zero-order valence-corrected chi connectivity index (χ0v) is 16.6. The lowest BCUT2D eigenvalue weighted by Gasteiger charge is -2.32. The molecule has 1 aliphatic heterocycles. The average Bonchev–Trinajstić information content (AvgIpc) is 2.79. The first kappa shape index (κ1) is 20.5. The standard InChI is InChI=1S/C20H25N5O4/c1-21-20-23-11-15(12-24-20)19(27)25-9-10-29-17(13-25)18(26)22-8-7-14-5-3-4-6-16(14)28-2/h3-6,11-12,17H,7-10,13H2,1-2H3,(H,22,26)(H,21,23,24)/t17-/m0/s1. The van der Waals surface area contributed by atoms with Crippen LogP contribution in [-0.2, 0) is 16.0 Å². The molecule has 2 amide bonds. The van der Waals surface area contributed by atoms with Gasteiger partial charge in [-0.2, -0.15) is 0 Å². The number of amides is 2. The van der Waals surface area contributed by atoms with Crippen LogP contribution in [-0.4, -0.2) is 73.2 Å². The number of benzene rings is 1. The fourth-order valence-electron chi connectivity index (χ4n) is 3.09. The van der Waals surface area contributed by atoms with Gasteiger partial charge >= 0.3 is 0 Å². The summed E-state index contributed by atoms with van der Waals surface area (Å²) in [4.78, 5) is 34.9. The van der Waals surface area contributed by atoms with Gasteiger partial charge in [-0.15, -0.1) is 0 Å². The van der Waals surface area contributed by atoms with E-state index in [-0.39, 0.29) is 18.4 Å². The Morgan fingerprint density at radius 2 is 2.03 bits per heavy atom. The van der Waals surface area contributed by atoms with Crippen molar-refractivity contribution in [3.8, 4) is 5.75 Å². The molecule has 2 aromatic rings. The molecule has 2 heterocycles. The normalized spacial score (nSPS) is 16.2. The van der Waals surface area contributed by atoms with E-state index >= 15 is 0 Å². The minimum Gasteiger partial charge on any atom is -0.496 e. The third kappa shape index (κ3) is 5.20. The molecule has 0 saturated carbocycles. The van der Waals surface area contributed by atoms with Crippen molar-refractivity contribution >= 4 is 17.8 Å². The molecule has 0 spiro atoms. The molecule has 1 saturated heterocycles. The first-order valence-electron chi connectivity index (χ1n) is 9.42. The number of hydrogen-bond donors (Lipinski definition) is 2. The third-order valence-electron chi connectivity index (χ3n) is 4.65. The van der Waals surface area contributed by atoms with E-state index < -0.39 is 6.10 Å². The molecule has 1 atom stereocenters. The van der Waals surface area contributed by atoms with Gasteiger partial charge in [0.25, 0.3) is 11.8 Å². The van der Waals surface area contributed by atoms with E-state index in [1.807, 2.05) is 24.3 Å². The van der Waals surface area contributed by atoms with Gasteiger partial charge < -0.3 is 25.0 Å². The van der Waals surface area contributed by atoms with E-state index in [0.29, 0.717) is 37.6 Å². The van der Waals surface area contributed by atoms with Crippen molar-refractivity contribution in [1.82, 2.24) is 20.2 Å². The van der Waals surface area contributed by atoms with Crippen LogP contribution < -0.4 is 15.4 Å². The van der Waals surface area contributed by atoms with Gasteiger partial charge in [-0.05, 0) is 18.1 Å². The molecule has 2 N–H and O–H groups in total. The van der Waals surface area contributed by atoms with E-state index in [9.17, 15) is 9.59 Å². The Hall–Kier alpha value is -3.20. The Morgan fingerprint density at radius 3 is 2.76 bits per heavy atom. The van der Waals surface area contributed by atoms with Crippen LogP contribution in [0.15, 0.2) is 36.7 Å². The van der Waals surface area contributed by atoms with Gasteiger partial charge in [0.2, 0.25) is 5.95 Å². The third-order valence-corrected chi connectivity index (χ3v) is 4.65. The molecule has 3 rings (SSSR count). The first-order valence-corrected chi connectivity index (χ1v) is 9.42.